The Labute approximate surface area is 53.8 Å². The third kappa shape index (κ3) is 0.968. The highest BCUT2D eigenvalue weighted by molar-refractivity contribution is 8.14. The average Bonchev–Trinajstić information content (AvgIpc) is 1.85. The standard InChI is InChI=1S/C5H10N2S/c1-4-3-7(2)5(6)8-4/h4,6H,3H2,1-2H3/t4-/m1/s1. The van der Waals surface area contributed by atoms with E-state index in [9.17, 15) is 0 Å². The van der Waals surface area contributed by atoms with Gasteiger partial charge in [-0.15, -0.1) is 0 Å². The van der Waals surface area contributed by atoms with Crippen LogP contribution in [0.5, 0.6) is 0 Å². The Morgan fingerprint density at radius 1 is 1.88 bits per heavy atom. The van der Waals surface area contributed by atoms with Gasteiger partial charge < -0.3 is 4.90 Å². The first kappa shape index (κ1) is 5.95. The predicted octanol–water partition coefficient (Wildman–Crippen LogP) is 0.988. The third-order valence-corrected chi connectivity index (χ3v) is 2.28. The van der Waals surface area contributed by atoms with Crippen LogP contribution in [0.25, 0.3) is 0 Å². The van der Waals surface area contributed by atoms with Crippen LogP contribution in [0.3, 0.4) is 0 Å². The molecule has 0 aliphatic carbocycles. The SMILES string of the molecule is C[C@@H]1CN(C)C(=N)S1. The van der Waals surface area contributed by atoms with Gasteiger partial charge in [-0.3, -0.25) is 5.41 Å². The molecule has 1 aliphatic rings. The quantitative estimate of drug-likeness (QED) is 0.529. The van der Waals surface area contributed by atoms with E-state index >= 15 is 0 Å². The van der Waals surface area contributed by atoms with Crippen LogP contribution in [0.4, 0.5) is 0 Å². The summed E-state index contributed by atoms with van der Waals surface area (Å²) in [6.45, 7) is 3.17. The van der Waals surface area contributed by atoms with Gasteiger partial charge >= 0.3 is 0 Å². The third-order valence-electron chi connectivity index (χ3n) is 1.19. The number of hydrogen-bond acceptors (Lipinski definition) is 2. The minimum Gasteiger partial charge on any atom is -0.354 e. The first-order valence-electron chi connectivity index (χ1n) is 2.66. The molecule has 1 fully saturated rings. The Bertz CT molecular complexity index is 113. The lowest BCUT2D eigenvalue weighted by atomic mass is 10.4. The fourth-order valence-corrected chi connectivity index (χ4v) is 1.72. The van der Waals surface area contributed by atoms with Crippen molar-refractivity contribution in [3.05, 3.63) is 0 Å². The van der Waals surface area contributed by atoms with Crippen LogP contribution in [0.15, 0.2) is 0 Å². The number of hydrogen-bond donors (Lipinski definition) is 1. The Morgan fingerprint density at radius 3 is 2.62 bits per heavy atom. The zero-order valence-corrected chi connectivity index (χ0v) is 5.96. The second-order valence-electron chi connectivity index (χ2n) is 2.11. The van der Waals surface area contributed by atoms with E-state index in [0.29, 0.717) is 10.4 Å². The minimum atomic E-state index is 0.618. The van der Waals surface area contributed by atoms with E-state index in [0.717, 1.165) is 6.54 Å². The van der Waals surface area contributed by atoms with Gasteiger partial charge in [-0.05, 0) is 0 Å². The summed E-state index contributed by atoms with van der Waals surface area (Å²) in [6.07, 6.45) is 0. The van der Waals surface area contributed by atoms with Gasteiger partial charge in [0.15, 0.2) is 5.17 Å². The van der Waals surface area contributed by atoms with Gasteiger partial charge in [0.2, 0.25) is 0 Å². The Kier molecular flexibility index (Phi) is 1.47. The zero-order valence-electron chi connectivity index (χ0n) is 5.14. The van der Waals surface area contributed by atoms with E-state index in [4.69, 9.17) is 5.41 Å². The molecular weight excluding hydrogens is 120 g/mol. The maximum atomic E-state index is 7.27. The predicted molar refractivity (Wildman–Crippen MR) is 37.4 cm³/mol. The molecule has 0 aromatic carbocycles. The van der Waals surface area contributed by atoms with E-state index in [1.165, 1.54) is 0 Å². The Morgan fingerprint density at radius 2 is 2.50 bits per heavy atom. The van der Waals surface area contributed by atoms with Crippen LogP contribution in [0, 0.1) is 5.41 Å². The maximum Gasteiger partial charge on any atom is 0.156 e. The highest BCUT2D eigenvalue weighted by Crippen LogP contribution is 2.21. The molecule has 0 bridgehead atoms. The van der Waals surface area contributed by atoms with Crippen molar-refractivity contribution in [3.8, 4) is 0 Å². The number of thioether (sulfide) groups is 1. The molecule has 46 valence electrons. The molecule has 0 saturated carbocycles. The highest BCUT2D eigenvalue weighted by atomic mass is 32.2. The Hall–Kier alpha value is -0.180. The van der Waals surface area contributed by atoms with Crippen LogP contribution in [0.2, 0.25) is 0 Å². The summed E-state index contributed by atoms with van der Waals surface area (Å²) in [5.41, 5.74) is 0. The summed E-state index contributed by atoms with van der Waals surface area (Å²) in [7, 11) is 1.96. The molecule has 0 radical (unpaired) electrons. The van der Waals surface area contributed by atoms with Gasteiger partial charge in [0.25, 0.3) is 0 Å². The van der Waals surface area contributed by atoms with Gasteiger partial charge in [0, 0.05) is 18.8 Å². The van der Waals surface area contributed by atoms with E-state index < -0.39 is 0 Å². The monoisotopic (exact) mass is 130 g/mol. The number of rotatable bonds is 0. The van der Waals surface area contributed by atoms with Crippen LogP contribution >= 0.6 is 11.8 Å². The van der Waals surface area contributed by atoms with Crippen molar-refractivity contribution in [2.75, 3.05) is 13.6 Å². The van der Waals surface area contributed by atoms with E-state index in [1.54, 1.807) is 11.8 Å². The fourth-order valence-electron chi connectivity index (χ4n) is 0.786. The van der Waals surface area contributed by atoms with Crippen molar-refractivity contribution in [1.29, 1.82) is 5.41 Å². The van der Waals surface area contributed by atoms with E-state index in [1.807, 2.05) is 11.9 Å². The van der Waals surface area contributed by atoms with Gasteiger partial charge in [-0.25, -0.2) is 0 Å². The van der Waals surface area contributed by atoms with Gasteiger partial charge in [0.05, 0.1) is 0 Å². The lowest BCUT2D eigenvalue weighted by Crippen LogP contribution is -2.18. The highest BCUT2D eigenvalue weighted by Gasteiger charge is 2.19. The molecule has 0 spiro atoms. The summed E-state index contributed by atoms with van der Waals surface area (Å²) in [4.78, 5) is 1.97. The van der Waals surface area contributed by atoms with Crippen molar-refractivity contribution in [3.63, 3.8) is 0 Å². The normalized spacial score (nSPS) is 29.5. The van der Waals surface area contributed by atoms with Gasteiger partial charge in [-0.2, -0.15) is 0 Å². The lowest BCUT2D eigenvalue weighted by Gasteiger charge is -2.05. The molecule has 1 aliphatic heterocycles. The summed E-state index contributed by atoms with van der Waals surface area (Å²) in [6, 6.07) is 0. The van der Waals surface area contributed by atoms with E-state index in [2.05, 4.69) is 6.92 Å². The van der Waals surface area contributed by atoms with Crippen molar-refractivity contribution < 1.29 is 0 Å². The second-order valence-corrected chi connectivity index (χ2v) is 3.54. The molecule has 1 N–H and O–H groups in total. The zero-order chi connectivity index (χ0) is 6.15. The summed E-state index contributed by atoms with van der Waals surface area (Å²) in [5.74, 6) is 0. The smallest absolute Gasteiger partial charge is 0.156 e. The lowest BCUT2D eigenvalue weighted by molar-refractivity contribution is 0.530. The van der Waals surface area contributed by atoms with Crippen molar-refractivity contribution in [2.45, 2.75) is 12.2 Å². The van der Waals surface area contributed by atoms with Crippen molar-refractivity contribution >= 4 is 16.9 Å². The molecular formula is C5H10N2S. The minimum absolute atomic E-state index is 0.618. The average molecular weight is 130 g/mol. The fraction of sp³-hybridized carbons (Fsp3) is 0.800. The van der Waals surface area contributed by atoms with Crippen LogP contribution in [-0.2, 0) is 0 Å². The number of nitrogens with one attached hydrogen (secondary N) is 1. The van der Waals surface area contributed by atoms with Crippen LogP contribution < -0.4 is 0 Å². The maximum absolute atomic E-state index is 7.27. The molecule has 1 saturated heterocycles. The van der Waals surface area contributed by atoms with Crippen molar-refractivity contribution in [2.24, 2.45) is 0 Å². The molecule has 1 heterocycles. The first-order chi connectivity index (χ1) is 3.70. The topological polar surface area (TPSA) is 27.1 Å². The molecule has 2 nitrogen and oxygen atoms in total. The molecule has 0 amide bonds. The second kappa shape index (κ2) is 1.97. The molecule has 0 aromatic rings. The first-order valence-corrected chi connectivity index (χ1v) is 3.54. The summed E-state index contributed by atoms with van der Waals surface area (Å²) >= 11 is 1.64. The number of nitrogens with zero attached hydrogens (tertiary/aromatic N) is 1. The molecule has 8 heavy (non-hydrogen) atoms. The summed E-state index contributed by atoms with van der Waals surface area (Å²) < 4.78 is 0. The largest absolute Gasteiger partial charge is 0.354 e. The van der Waals surface area contributed by atoms with Crippen LogP contribution in [-0.4, -0.2) is 28.9 Å². The van der Waals surface area contributed by atoms with Crippen LogP contribution in [0.1, 0.15) is 6.92 Å². The molecule has 3 heteroatoms. The molecule has 1 atom stereocenters. The Balaban J connectivity index is 2.51. The van der Waals surface area contributed by atoms with Gasteiger partial charge in [0.1, 0.15) is 0 Å². The molecule has 0 unspecified atom stereocenters. The summed E-state index contributed by atoms with van der Waals surface area (Å²) in [5, 5.41) is 8.60. The van der Waals surface area contributed by atoms with Crippen molar-refractivity contribution in [1.82, 2.24) is 4.90 Å². The molecule has 1 rings (SSSR count). The van der Waals surface area contributed by atoms with E-state index in [-0.39, 0.29) is 0 Å². The van der Waals surface area contributed by atoms with Gasteiger partial charge in [-0.1, -0.05) is 18.7 Å². The molecule has 0 aromatic heterocycles. The number of amidine groups is 1.